The number of furan rings is 1. The summed E-state index contributed by atoms with van der Waals surface area (Å²) >= 11 is 3.37. The zero-order valence-corrected chi connectivity index (χ0v) is 10.2. The summed E-state index contributed by atoms with van der Waals surface area (Å²) < 4.78 is 11.9. The van der Waals surface area contributed by atoms with Crippen molar-refractivity contribution < 1.29 is 9.15 Å². The monoisotopic (exact) mass is 281 g/mol. The van der Waals surface area contributed by atoms with Crippen LogP contribution < -0.4 is 10.5 Å². The normalized spacial score (nSPS) is 10.4. The van der Waals surface area contributed by atoms with E-state index in [1.807, 2.05) is 30.3 Å². The average Bonchev–Trinajstić information content (AvgIpc) is 2.76. The first kappa shape index (κ1) is 11.2. The third-order valence-electron chi connectivity index (χ3n) is 2.24. The molecule has 0 unspecified atom stereocenters. The SMILES string of the molecule is NCc1ccoc1COc1ccc(Br)cc1. The average molecular weight is 282 g/mol. The molecule has 1 heterocycles. The van der Waals surface area contributed by atoms with Crippen LogP contribution in [0.25, 0.3) is 0 Å². The molecule has 84 valence electrons. The molecule has 0 radical (unpaired) electrons. The van der Waals surface area contributed by atoms with Crippen LogP contribution in [-0.4, -0.2) is 0 Å². The number of benzene rings is 1. The second-order valence-corrected chi connectivity index (χ2v) is 4.23. The number of nitrogens with two attached hydrogens (primary N) is 1. The molecule has 0 spiro atoms. The molecular weight excluding hydrogens is 270 g/mol. The molecule has 0 aliphatic rings. The first-order chi connectivity index (χ1) is 7.79. The van der Waals surface area contributed by atoms with Gasteiger partial charge in [0.1, 0.15) is 18.1 Å². The van der Waals surface area contributed by atoms with Crippen molar-refractivity contribution in [1.29, 1.82) is 0 Å². The third kappa shape index (κ3) is 2.65. The largest absolute Gasteiger partial charge is 0.486 e. The number of hydrogen-bond donors (Lipinski definition) is 1. The fourth-order valence-electron chi connectivity index (χ4n) is 1.36. The molecule has 0 amide bonds. The highest BCUT2D eigenvalue weighted by atomic mass is 79.9. The van der Waals surface area contributed by atoms with Gasteiger partial charge in [0.05, 0.1) is 6.26 Å². The summed E-state index contributed by atoms with van der Waals surface area (Å²) in [6.07, 6.45) is 1.63. The second kappa shape index (κ2) is 5.18. The van der Waals surface area contributed by atoms with E-state index in [0.29, 0.717) is 13.2 Å². The Bertz CT molecular complexity index is 450. The fourth-order valence-corrected chi connectivity index (χ4v) is 1.62. The molecule has 0 saturated heterocycles. The maximum Gasteiger partial charge on any atom is 0.146 e. The number of ether oxygens (including phenoxy) is 1. The fraction of sp³-hybridized carbons (Fsp3) is 0.167. The van der Waals surface area contributed by atoms with Gasteiger partial charge in [-0.2, -0.15) is 0 Å². The second-order valence-electron chi connectivity index (χ2n) is 3.32. The zero-order valence-electron chi connectivity index (χ0n) is 8.65. The van der Waals surface area contributed by atoms with Crippen molar-refractivity contribution in [2.75, 3.05) is 0 Å². The molecule has 4 heteroatoms. The van der Waals surface area contributed by atoms with Crippen LogP contribution in [-0.2, 0) is 13.2 Å². The molecule has 0 bridgehead atoms. The highest BCUT2D eigenvalue weighted by Crippen LogP contribution is 2.18. The lowest BCUT2D eigenvalue weighted by Gasteiger charge is -2.05. The summed E-state index contributed by atoms with van der Waals surface area (Å²) in [5.74, 6) is 1.59. The molecular formula is C12H12BrNO2. The van der Waals surface area contributed by atoms with E-state index in [9.17, 15) is 0 Å². The molecule has 0 atom stereocenters. The van der Waals surface area contributed by atoms with Crippen LogP contribution >= 0.6 is 15.9 Å². The summed E-state index contributed by atoms with van der Waals surface area (Å²) in [7, 11) is 0. The van der Waals surface area contributed by atoms with Gasteiger partial charge in [0, 0.05) is 16.6 Å². The molecule has 16 heavy (non-hydrogen) atoms. The molecule has 0 saturated carbocycles. The summed E-state index contributed by atoms with van der Waals surface area (Å²) in [5, 5.41) is 0. The topological polar surface area (TPSA) is 48.4 Å². The van der Waals surface area contributed by atoms with E-state index >= 15 is 0 Å². The van der Waals surface area contributed by atoms with Crippen LogP contribution in [0.3, 0.4) is 0 Å². The van der Waals surface area contributed by atoms with Crippen LogP contribution in [0.4, 0.5) is 0 Å². The lowest BCUT2D eigenvalue weighted by molar-refractivity contribution is 0.268. The molecule has 3 nitrogen and oxygen atoms in total. The highest BCUT2D eigenvalue weighted by Gasteiger charge is 2.05. The van der Waals surface area contributed by atoms with Crippen LogP contribution in [0.15, 0.2) is 45.5 Å². The number of rotatable bonds is 4. The van der Waals surface area contributed by atoms with Crippen LogP contribution in [0.2, 0.25) is 0 Å². The maximum atomic E-state index is 5.58. The van der Waals surface area contributed by atoms with E-state index in [1.165, 1.54) is 0 Å². The van der Waals surface area contributed by atoms with Crippen molar-refractivity contribution >= 4 is 15.9 Å². The Balaban J connectivity index is 1.99. The molecule has 0 fully saturated rings. The molecule has 2 N–H and O–H groups in total. The third-order valence-corrected chi connectivity index (χ3v) is 2.77. The lowest BCUT2D eigenvalue weighted by atomic mass is 10.2. The van der Waals surface area contributed by atoms with Gasteiger partial charge in [-0.15, -0.1) is 0 Å². The van der Waals surface area contributed by atoms with E-state index in [4.69, 9.17) is 14.9 Å². The Morgan fingerprint density at radius 1 is 1.19 bits per heavy atom. The van der Waals surface area contributed by atoms with E-state index in [-0.39, 0.29) is 0 Å². The van der Waals surface area contributed by atoms with Crippen molar-refractivity contribution in [2.24, 2.45) is 5.73 Å². The summed E-state index contributed by atoms with van der Waals surface area (Å²) in [5.41, 5.74) is 6.55. The van der Waals surface area contributed by atoms with Gasteiger partial charge in [0.2, 0.25) is 0 Å². The molecule has 2 rings (SSSR count). The van der Waals surface area contributed by atoms with Gasteiger partial charge < -0.3 is 14.9 Å². The predicted octanol–water partition coefficient (Wildman–Crippen LogP) is 3.08. The van der Waals surface area contributed by atoms with Crippen molar-refractivity contribution in [3.05, 3.63) is 52.4 Å². The van der Waals surface area contributed by atoms with Gasteiger partial charge in [-0.25, -0.2) is 0 Å². The Hall–Kier alpha value is -1.26. The molecule has 0 aliphatic heterocycles. The van der Waals surface area contributed by atoms with Crippen molar-refractivity contribution in [2.45, 2.75) is 13.2 Å². The summed E-state index contributed by atoms with van der Waals surface area (Å²) in [6.45, 7) is 0.872. The van der Waals surface area contributed by atoms with Crippen molar-refractivity contribution in [3.8, 4) is 5.75 Å². The van der Waals surface area contributed by atoms with Gasteiger partial charge in [0.25, 0.3) is 0 Å². The molecule has 1 aromatic carbocycles. The Labute approximate surface area is 102 Å². The van der Waals surface area contributed by atoms with Gasteiger partial charge in [-0.1, -0.05) is 15.9 Å². The van der Waals surface area contributed by atoms with E-state index in [2.05, 4.69) is 15.9 Å². The minimum absolute atomic E-state index is 0.404. The van der Waals surface area contributed by atoms with Crippen LogP contribution in [0.1, 0.15) is 11.3 Å². The van der Waals surface area contributed by atoms with Crippen molar-refractivity contribution in [1.82, 2.24) is 0 Å². The molecule has 0 aliphatic carbocycles. The van der Waals surface area contributed by atoms with Gasteiger partial charge in [-0.05, 0) is 30.3 Å². The maximum absolute atomic E-state index is 5.58. The first-order valence-corrected chi connectivity index (χ1v) is 5.72. The van der Waals surface area contributed by atoms with E-state index in [0.717, 1.165) is 21.5 Å². The van der Waals surface area contributed by atoms with Crippen molar-refractivity contribution in [3.63, 3.8) is 0 Å². The van der Waals surface area contributed by atoms with Crippen LogP contribution in [0, 0.1) is 0 Å². The van der Waals surface area contributed by atoms with Gasteiger partial charge in [0.15, 0.2) is 0 Å². The van der Waals surface area contributed by atoms with Crippen LogP contribution in [0.5, 0.6) is 5.75 Å². The Kier molecular flexibility index (Phi) is 3.64. The molecule has 1 aromatic heterocycles. The Morgan fingerprint density at radius 2 is 1.94 bits per heavy atom. The quantitative estimate of drug-likeness (QED) is 0.937. The summed E-state index contributed by atoms with van der Waals surface area (Å²) in [4.78, 5) is 0. The lowest BCUT2D eigenvalue weighted by Crippen LogP contribution is -2.01. The first-order valence-electron chi connectivity index (χ1n) is 4.93. The zero-order chi connectivity index (χ0) is 11.4. The van der Waals surface area contributed by atoms with Gasteiger partial charge >= 0.3 is 0 Å². The number of hydrogen-bond acceptors (Lipinski definition) is 3. The minimum Gasteiger partial charge on any atom is -0.486 e. The summed E-state index contributed by atoms with van der Waals surface area (Å²) in [6, 6.07) is 9.52. The number of halogens is 1. The smallest absolute Gasteiger partial charge is 0.146 e. The van der Waals surface area contributed by atoms with E-state index < -0.39 is 0 Å². The predicted molar refractivity (Wildman–Crippen MR) is 65.1 cm³/mol. The minimum atomic E-state index is 0.404. The Morgan fingerprint density at radius 3 is 2.62 bits per heavy atom. The highest BCUT2D eigenvalue weighted by molar-refractivity contribution is 9.10. The van der Waals surface area contributed by atoms with E-state index in [1.54, 1.807) is 6.26 Å². The standard InChI is InChI=1S/C12H12BrNO2/c13-10-1-3-11(4-2-10)16-8-12-9(7-14)5-6-15-12/h1-6H,7-8,14H2. The van der Waals surface area contributed by atoms with Gasteiger partial charge in [-0.3, -0.25) is 0 Å². The molecule has 2 aromatic rings.